The predicted octanol–water partition coefficient (Wildman–Crippen LogP) is 5.38. The summed E-state index contributed by atoms with van der Waals surface area (Å²) in [4.78, 5) is 13.0. The van der Waals surface area contributed by atoms with Gasteiger partial charge in [-0.15, -0.1) is 0 Å². The van der Waals surface area contributed by atoms with Gasteiger partial charge in [0.05, 0.1) is 6.04 Å². The maximum absolute atomic E-state index is 13.0. The first-order chi connectivity index (χ1) is 13.1. The van der Waals surface area contributed by atoms with E-state index in [4.69, 9.17) is 4.74 Å². The summed E-state index contributed by atoms with van der Waals surface area (Å²) in [7, 11) is 0. The van der Waals surface area contributed by atoms with E-state index in [0.29, 0.717) is 0 Å². The van der Waals surface area contributed by atoms with E-state index in [0.717, 1.165) is 49.0 Å². The number of carbonyl (C=O) groups excluding carboxylic acids is 1. The molecule has 0 spiro atoms. The van der Waals surface area contributed by atoms with Crippen LogP contribution in [0.15, 0.2) is 42.5 Å². The quantitative estimate of drug-likeness (QED) is 0.792. The Balaban J connectivity index is 1.60. The van der Waals surface area contributed by atoms with Crippen molar-refractivity contribution in [1.82, 2.24) is 5.32 Å². The molecular weight excluding hydrogens is 334 g/mol. The van der Waals surface area contributed by atoms with Gasteiger partial charge >= 0.3 is 0 Å². The van der Waals surface area contributed by atoms with Crippen LogP contribution in [0.25, 0.3) is 0 Å². The normalized spacial score (nSPS) is 20.1. The minimum absolute atomic E-state index is 0.0154. The van der Waals surface area contributed by atoms with Crippen LogP contribution in [0.5, 0.6) is 5.75 Å². The van der Waals surface area contributed by atoms with Gasteiger partial charge in [-0.1, -0.05) is 38.1 Å². The van der Waals surface area contributed by atoms with Crippen LogP contribution in [-0.2, 0) is 12.8 Å². The molecule has 1 atom stereocenters. The summed E-state index contributed by atoms with van der Waals surface area (Å²) in [6.07, 6.45) is 7.39. The molecule has 27 heavy (non-hydrogen) atoms. The Bertz CT molecular complexity index is 838. The molecule has 2 aromatic carbocycles. The fraction of sp³-hybridized carbons (Fsp3) is 0.458. The highest BCUT2D eigenvalue weighted by molar-refractivity contribution is 5.94. The van der Waals surface area contributed by atoms with Gasteiger partial charge in [-0.05, 0) is 67.9 Å². The lowest BCUT2D eigenvalue weighted by atomic mass is 9.83. The van der Waals surface area contributed by atoms with Crippen molar-refractivity contribution >= 4 is 5.91 Å². The van der Waals surface area contributed by atoms with Crippen molar-refractivity contribution in [2.75, 3.05) is 0 Å². The second-order valence-electron chi connectivity index (χ2n) is 7.95. The number of aryl methyl sites for hydroxylation is 2. The Labute approximate surface area is 162 Å². The second kappa shape index (κ2) is 7.38. The molecule has 3 heteroatoms. The van der Waals surface area contributed by atoms with E-state index >= 15 is 0 Å². The summed E-state index contributed by atoms with van der Waals surface area (Å²) >= 11 is 0. The van der Waals surface area contributed by atoms with E-state index in [-0.39, 0.29) is 17.6 Å². The van der Waals surface area contributed by atoms with Crippen molar-refractivity contribution in [1.29, 1.82) is 0 Å². The minimum Gasteiger partial charge on any atom is -0.487 e. The average Bonchev–Trinajstić information content (AvgIpc) is 2.73. The van der Waals surface area contributed by atoms with Gasteiger partial charge in [0.1, 0.15) is 11.4 Å². The Kier molecular flexibility index (Phi) is 4.94. The van der Waals surface area contributed by atoms with Crippen molar-refractivity contribution in [3.8, 4) is 5.75 Å². The lowest BCUT2D eigenvalue weighted by Crippen LogP contribution is -2.44. The molecule has 1 heterocycles. The highest BCUT2D eigenvalue weighted by Crippen LogP contribution is 2.42. The molecule has 2 aromatic rings. The van der Waals surface area contributed by atoms with Crippen molar-refractivity contribution in [3.05, 3.63) is 64.7 Å². The highest BCUT2D eigenvalue weighted by atomic mass is 16.5. The zero-order chi connectivity index (χ0) is 18.9. The lowest BCUT2D eigenvalue weighted by Gasteiger charge is -2.41. The zero-order valence-corrected chi connectivity index (χ0v) is 16.4. The first-order valence-electron chi connectivity index (χ1n) is 10.3. The first kappa shape index (κ1) is 18.1. The predicted molar refractivity (Wildman–Crippen MR) is 108 cm³/mol. The average molecular weight is 364 g/mol. The zero-order valence-electron chi connectivity index (χ0n) is 16.4. The van der Waals surface area contributed by atoms with Crippen LogP contribution in [0.3, 0.4) is 0 Å². The molecule has 0 unspecified atom stereocenters. The molecule has 2 aliphatic rings. The van der Waals surface area contributed by atoms with Crippen LogP contribution in [0, 0.1) is 0 Å². The van der Waals surface area contributed by atoms with E-state index in [9.17, 15) is 4.79 Å². The number of benzene rings is 2. The van der Waals surface area contributed by atoms with Crippen molar-refractivity contribution in [3.63, 3.8) is 0 Å². The summed E-state index contributed by atoms with van der Waals surface area (Å²) in [6, 6.07) is 14.3. The third-order valence-corrected chi connectivity index (χ3v) is 6.40. The Morgan fingerprint density at radius 2 is 1.81 bits per heavy atom. The fourth-order valence-corrected chi connectivity index (χ4v) is 4.55. The smallest absolute Gasteiger partial charge is 0.251 e. The second-order valence-corrected chi connectivity index (χ2v) is 7.95. The van der Waals surface area contributed by atoms with Crippen LogP contribution >= 0.6 is 0 Å². The first-order valence-corrected chi connectivity index (χ1v) is 10.3. The number of hydrogen-bond donors (Lipinski definition) is 1. The largest absolute Gasteiger partial charge is 0.487 e. The van der Waals surface area contributed by atoms with Gasteiger partial charge in [0.15, 0.2) is 0 Å². The number of fused-ring (bicyclic) bond motifs is 2. The van der Waals surface area contributed by atoms with Crippen LogP contribution < -0.4 is 10.1 Å². The highest BCUT2D eigenvalue weighted by Gasteiger charge is 2.39. The van der Waals surface area contributed by atoms with Crippen molar-refractivity contribution in [2.45, 2.75) is 70.4 Å². The third kappa shape index (κ3) is 3.47. The standard InChI is InChI=1S/C24H29NO2/c1-3-24(4-2)16-21(20-11-7-8-12-22(20)27-24)25-23(26)19-14-13-17-9-5-6-10-18(17)15-19/h7-8,11-15,21H,3-6,9-10,16H2,1-2H3,(H,25,26)/t21-/m0/s1. The topological polar surface area (TPSA) is 38.3 Å². The van der Waals surface area contributed by atoms with Gasteiger partial charge in [0.25, 0.3) is 5.91 Å². The van der Waals surface area contributed by atoms with Crippen LogP contribution in [0.4, 0.5) is 0 Å². The maximum Gasteiger partial charge on any atom is 0.251 e. The Hall–Kier alpha value is -2.29. The number of ether oxygens (including phenoxy) is 1. The third-order valence-electron chi connectivity index (χ3n) is 6.40. The molecule has 0 aromatic heterocycles. The minimum atomic E-state index is -0.206. The Morgan fingerprint density at radius 1 is 1.07 bits per heavy atom. The molecule has 142 valence electrons. The van der Waals surface area contributed by atoms with E-state index in [1.165, 1.54) is 24.0 Å². The Morgan fingerprint density at radius 3 is 2.59 bits per heavy atom. The number of hydrogen-bond acceptors (Lipinski definition) is 2. The molecule has 0 saturated heterocycles. The van der Waals surface area contributed by atoms with Gasteiger partial charge in [0.2, 0.25) is 0 Å². The number of carbonyl (C=O) groups is 1. The SMILES string of the molecule is CCC1(CC)C[C@H](NC(=O)c2ccc3c(c2)CCCC3)c2ccccc2O1. The summed E-state index contributed by atoms with van der Waals surface area (Å²) in [5, 5.41) is 3.30. The van der Waals surface area contributed by atoms with E-state index < -0.39 is 0 Å². The molecule has 4 rings (SSSR count). The molecule has 3 nitrogen and oxygen atoms in total. The molecule has 0 radical (unpaired) electrons. The van der Waals surface area contributed by atoms with E-state index in [1.54, 1.807) is 0 Å². The van der Waals surface area contributed by atoms with Crippen molar-refractivity contribution in [2.24, 2.45) is 0 Å². The van der Waals surface area contributed by atoms with Crippen LogP contribution in [0.1, 0.15) is 79.0 Å². The number of rotatable bonds is 4. The van der Waals surface area contributed by atoms with Crippen LogP contribution in [0.2, 0.25) is 0 Å². The van der Waals surface area contributed by atoms with Gasteiger partial charge in [-0.3, -0.25) is 4.79 Å². The monoisotopic (exact) mass is 363 g/mol. The van der Waals surface area contributed by atoms with Gasteiger partial charge in [-0.2, -0.15) is 0 Å². The van der Waals surface area contributed by atoms with Crippen molar-refractivity contribution < 1.29 is 9.53 Å². The summed E-state index contributed by atoms with van der Waals surface area (Å²) in [5.74, 6) is 0.925. The molecular formula is C24H29NO2. The summed E-state index contributed by atoms with van der Waals surface area (Å²) in [6.45, 7) is 4.33. The van der Waals surface area contributed by atoms with Crippen LogP contribution in [-0.4, -0.2) is 11.5 Å². The summed E-state index contributed by atoms with van der Waals surface area (Å²) in [5.41, 5.74) is 4.41. The number of para-hydroxylation sites is 1. The summed E-state index contributed by atoms with van der Waals surface area (Å²) < 4.78 is 6.36. The molecule has 0 bridgehead atoms. The molecule has 1 amide bonds. The van der Waals surface area contributed by atoms with Gasteiger partial charge < -0.3 is 10.1 Å². The molecule has 0 saturated carbocycles. The van der Waals surface area contributed by atoms with Gasteiger partial charge in [0, 0.05) is 17.5 Å². The maximum atomic E-state index is 13.0. The molecule has 1 aliphatic carbocycles. The molecule has 1 N–H and O–H groups in total. The van der Waals surface area contributed by atoms with Gasteiger partial charge in [-0.25, -0.2) is 0 Å². The molecule has 0 fully saturated rings. The molecule has 1 aliphatic heterocycles. The number of nitrogens with one attached hydrogen (secondary N) is 1. The van der Waals surface area contributed by atoms with E-state index in [1.807, 2.05) is 24.3 Å². The fourth-order valence-electron chi connectivity index (χ4n) is 4.55. The van der Waals surface area contributed by atoms with E-state index in [2.05, 4.69) is 37.4 Å². The number of amides is 1. The lowest BCUT2D eigenvalue weighted by molar-refractivity contribution is 0.0227.